The zero-order valence-electron chi connectivity index (χ0n) is 18.1. The van der Waals surface area contributed by atoms with Crippen molar-refractivity contribution in [2.45, 2.75) is 83.4 Å². The quantitative estimate of drug-likeness (QED) is 0.803. The topological polar surface area (TPSA) is 58.4 Å². The second-order valence-electron chi connectivity index (χ2n) is 9.95. The normalized spacial score (nSPS) is 30.0. The number of piperidine rings is 2. The smallest absolute Gasteiger partial charge is 0.234 e. The van der Waals surface area contributed by atoms with Crippen LogP contribution in [0.3, 0.4) is 0 Å². The first-order valence-electron chi connectivity index (χ1n) is 10.7. The Balaban J connectivity index is 1.74. The molecular formula is C23H32ClN3O2. The maximum absolute atomic E-state index is 14.0. The van der Waals surface area contributed by atoms with E-state index in [0.29, 0.717) is 17.9 Å². The van der Waals surface area contributed by atoms with Crippen LogP contribution in [0.15, 0.2) is 18.2 Å². The molecule has 2 fully saturated rings. The van der Waals surface area contributed by atoms with Crippen LogP contribution in [-0.4, -0.2) is 43.9 Å². The number of rotatable bonds is 3. The third kappa shape index (κ3) is 3.27. The van der Waals surface area contributed by atoms with Crippen molar-refractivity contribution in [2.75, 3.05) is 0 Å². The van der Waals surface area contributed by atoms with Gasteiger partial charge < -0.3 is 10.0 Å². The molecule has 0 aliphatic carbocycles. The molecule has 2 aliphatic rings. The molecule has 2 atom stereocenters. The molecule has 2 aromatic rings. The Morgan fingerprint density at radius 1 is 1.31 bits per heavy atom. The minimum absolute atomic E-state index is 0.0830. The summed E-state index contributed by atoms with van der Waals surface area (Å²) in [5, 5.41) is 16.6. The van der Waals surface area contributed by atoms with Crippen molar-refractivity contribution < 1.29 is 9.90 Å². The second kappa shape index (κ2) is 6.98. The van der Waals surface area contributed by atoms with Crippen LogP contribution in [0.25, 0.3) is 10.9 Å². The average Bonchev–Trinajstić information content (AvgIpc) is 2.99. The number of carbonyl (C=O) groups excluding carboxylic acids is 1. The fourth-order valence-electron chi connectivity index (χ4n) is 5.59. The van der Waals surface area contributed by atoms with Gasteiger partial charge in [-0.2, -0.15) is 5.10 Å². The lowest BCUT2D eigenvalue weighted by atomic mass is 9.66. The van der Waals surface area contributed by atoms with Crippen LogP contribution < -0.4 is 0 Å². The molecular weight excluding hydrogens is 386 g/mol. The molecule has 2 unspecified atom stereocenters. The fourth-order valence-corrected chi connectivity index (χ4v) is 5.85. The molecule has 1 N–H and O–H groups in total. The van der Waals surface area contributed by atoms with Crippen LogP contribution in [0.4, 0.5) is 0 Å². The molecule has 29 heavy (non-hydrogen) atoms. The van der Waals surface area contributed by atoms with Gasteiger partial charge in [0.15, 0.2) is 0 Å². The molecule has 2 saturated heterocycles. The highest BCUT2D eigenvalue weighted by Crippen LogP contribution is 2.47. The number of carbonyl (C=O) groups is 1. The van der Waals surface area contributed by atoms with Crippen LogP contribution in [0, 0.1) is 5.41 Å². The molecule has 4 rings (SSSR count). The summed E-state index contributed by atoms with van der Waals surface area (Å²) < 4.78 is 1.81. The monoisotopic (exact) mass is 417 g/mol. The highest BCUT2D eigenvalue weighted by molar-refractivity contribution is 6.35. The molecule has 2 bridgehead atoms. The fraction of sp³-hybridized carbons (Fsp3) is 0.652. The number of fused-ring (bicyclic) bond motifs is 3. The summed E-state index contributed by atoms with van der Waals surface area (Å²) in [7, 11) is 1.89. The molecule has 0 radical (unpaired) electrons. The number of benzene rings is 1. The number of aryl methyl sites for hydroxylation is 1. The summed E-state index contributed by atoms with van der Waals surface area (Å²) in [4.78, 5) is 16.0. The van der Waals surface area contributed by atoms with E-state index >= 15 is 0 Å². The number of aromatic nitrogens is 2. The maximum atomic E-state index is 14.0. The Kier molecular flexibility index (Phi) is 4.98. The molecule has 3 heterocycles. The lowest BCUT2D eigenvalue weighted by Gasteiger charge is -2.55. The Bertz CT molecular complexity index is 935. The summed E-state index contributed by atoms with van der Waals surface area (Å²) >= 11 is 6.53. The van der Waals surface area contributed by atoms with E-state index in [2.05, 4.69) is 18.7 Å². The van der Waals surface area contributed by atoms with Crippen molar-refractivity contribution in [3.8, 4) is 0 Å². The van der Waals surface area contributed by atoms with Crippen LogP contribution in [-0.2, 0) is 17.3 Å². The predicted molar refractivity (Wildman–Crippen MR) is 116 cm³/mol. The number of nitrogens with zero attached hydrogens (tertiary/aromatic N) is 3. The van der Waals surface area contributed by atoms with Gasteiger partial charge in [-0.05, 0) is 57.1 Å². The Labute approximate surface area is 178 Å². The zero-order valence-corrected chi connectivity index (χ0v) is 18.8. The molecule has 1 aromatic carbocycles. The molecule has 1 aromatic heterocycles. The SMILES string of the molecule is CCC1(C)CC2CC(O)CC(C1)N2C(=O)C(C)(C)c1nn(C)c2cccc(Cl)c12. The van der Waals surface area contributed by atoms with Gasteiger partial charge >= 0.3 is 0 Å². The Morgan fingerprint density at radius 2 is 1.93 bits per heavy atom. The van der Waals surface area contributed by atoms with Gasteiger partial charge in [0.2, 0.25) is 5.91 Å². The van der Waals surface area contributed by atoms with Gasteiger partial charge in [0.05, 0.1) is 27.8 Å². The van der Waals surface area contributed by atoms with E-state index < -0.39 is 5.41 Å². The predicted octanol–water partition coefficient (Wildman–Crippen LogP) is 4.43. The largest absolute Gasteiger partial charge is 0.393 e. The van der Waals surface area contributed by atoms with Crippen molar-refractivity contribution in [2.24, 2.45) is 12.5 Å². The van der Waals surface area contributed by atoms with E-state index in [0.717, 1.165) is 35.9 Å². The third-order valence-electron chi connectivity index (χ3n) is 7.37. The lowest BCUT2D eigenvalue weighted by molar-refractivity contribution is -0.154. The Hall–Kier alpha value is -1.59. The molecule has 2 aliphatic heterocycles. The second-order valence-corrected chi connectivity index (χ2v) is 10.4. The van der Waals surface area contributed by atoms with Crippen LogP contribution in [0.1, 0.15) is 65.5 Å². The summed E-state index contributed by atoms with van der Waals surface area (Å²) in [5.74, 6) is 0.0949. The number of aliphatic hydroxyl groups excluding tert-OH is 1. The Morgan fingerprint density at radius 3 is 2.52 bits per heavy atom. The number of hydrogen-bond acceptors (Lipinski definition) is 3. The van der Waals surface area contributed by atoms with Crippen molar-refractivity contribution in [3.05, 3.63) is 28.9 Å². The minimum Gasteiger partial charge on any atom is -0.393 e. The zero-order chi connectivity index (χ0) is 21.1. The van der Waals surface area contributed by atoms with E-state index in [4.69, 9.17) is 16.7 Å². The highest BCUT2D eigenvalue weighted by atomic mass is 35.5. The summed E-state index contributed by atoms with van der Waals surface area (Å²) in [5.41, 5.74) is 1.09. The maximum Gasteiger partial charge on any atom is 0.234 e. The minimum atomic E-state index is -0.802. The van der Waals surface area contributed by atoms with Crippen molar-refractivity contribution in [1.82, 2.24) is 14.7 Å². The third-order valence-corrected chi connectivity index (χ3v) is 7.69. The van der Waals surface area contributed by atoms with E-state index in [1.165, 1.54) is 0 Å². The number of hydrogen-bond donors (Lipinski definition) is 1. The number of aliphatic hydroxyl groups is 1. The first kappa shape index (κ1) is 20.7. The van der Waals surface area contributed by atoms with E-state index in [9.17, 15) is 9.90 Å². The molecule has 0 spiro atoms. The first-order valence-corrected chi connectivity index (χ1v) is 11.1. The van der Waals surface area contributed by atoms with Gasteiger partial charge in [-0.25, -0.2) is 0 Å². The summed E-state index contributed by atoms with van der Waals surface area (Å²) in [6, 6.07) is 5.91. The summed E-state index contributed by atoms with van der Waals surface area (Å²) in [6.07, 6.45) is 4.01. The van der Waals surface area contributed by atoms with Crippen molar-refractivity contribution >= 4 is 28.4 Å². The first-order chi connectivity index (χ1) is 13.6. The molecule has 158 valence electrons. The molecule has 6 heteroatoms. The van der Waals surface area contributed by atoms with E-state index in [1.807, 2.05) is 39.1 Å². The molecule has 0 saturated carbocycles. The van der Waals surface area contributed by atoms with Gasteiger partial charge in [0, 0.05) is 24.5 Å². The molecule has 5 nitrogen and oxygen atoms in total. The van der Waals surface area contributed by atoms with Crippen LogP contribution in [0.2, 0.25) is 5.02 Å². The van der Waals surface area contributed by atoms with Crippen molar-refractivity contribution in [3.63, 3.8) is 0 Å². The van der Waals surface area contributed by atoms with E-state index in [1.54, 1.807) is 4.68 Å². The van der Waals surface area contributed by atoms with Gasteiger partial charge in [0.25, 0.3) is 0 Å². The van der Waals surface area contributed by atoms with Gasteiger partial charge in [0.1, 0.15) is 0 Å². The van der Waals surface area contributed by atoms with Gasteiger partial charge in [-0.15, -0.1) is 0 Å². The van der Waals surface area contributed by atoms with Gasteiger partial charge in [-0.1, -0.05) is 37.9 Å². The molecule has 1 amide bonds. The standard InChI is InChI=1S/C23H32ClN3O2/c1-6-23(4)12-14-10-16(28)11-15(13-23)27(14)21(29)22(2,3)20-19-17(24)8-7-9-18(19)26(5)25-20/h7-9,14-16,28H,6,10-13H2,1-5H3. The van der Waals surface area contributed by atoms with Crippen LogP contribution >= 0.6 is 11.6 Å². The number of amides is 1. The number of halogens is 1. The van der Waals surface area contributed by atoms with Crippen molar-refractivity contribution in [1.29, 1.82) is 0 Å². The van der Waals surface area contributed by atoms with Crippen LogP contribution in [0.5, 0.6) is 0 Å². The van der Waals surface area contributed by atoms with E-state index in [-0.39, 0.29) is 29.5 Å². The lowest BCUT2D eigenvalue weighted by Crippen LogP contribution is -2.62. The highest BCUT2D eigenvalue weighted by Gasteiger charge is 2.51. The average molecular weight is 418 g/mol. The van der Waals surface area contributed by atoms with Gasteiger partial charge in [-0.3, -0.25) is 9.48 Å². The summed E-state index contributed by atoms with van der Waals surface area (Å²) in [6.45, 7) is 8.47.